The first-order valence-electron chi connectivity index (χ1n) is 5.70. The van der Waals surface area contributed by atoms with Crippen molar-refractivity contribution in [2.24, 2.45) is 0 Å². The van der Waals surface area contributed by atoms with Gasteiger partial charge in [-0.15, -0.1) is 11.3 Å². The van der Waals surface area contributed by atoms with E-state index in [0.717, 1.165) is 16.4 Å². The molecule has 2 rings (SSSR count). The van der Waals surface area contributed by atoms with Crippen LogP contribution in [0.4, 0.5) is 5.69 Å². The Balaban J connectivity index is 2.11. The number of aromatic nitrogens is 1. The lowest BCUT2D eigenvalue weighted by Gasteiger charge is -2.07. The molecule has 0 atom stereocenters. The number of sulfonamides is 1. The minimum Gasteiger partial charge on any atom is -0.378 e. The number of hydrogen-bond donors (Lipinski definition) is 2. The van der Waals surface area contributed by atoms with E-state index >= 15 is 0 Å². The first-order chi connectivity index (χ1) is 9.01. The second-order valence-electron chi connectivity index (χ2n) is 3.97. The van der Waals surface area contributed by atoms with E-state index in [-0.39, 0.29) is 4.90 Å². The average molecular weight is 297 g/mol. The molecule has 0 aliphatic rings. The van der Waals surface area contributed by atoms with Crippen LogP contribution in [-0.2, 0) is 16.6 Å². The van der Waals surface area contributed by atoms with Crippen LogP contribution in [0.1, 0.15) is 10.7 Å². The van der Waals surface area contributed by atoms with E-state index in [2.05, 4.69) is 15.0 Å². The molecular formula is C12H15N3O2S2. The van der Waals surface area contributed by atoms with Gasteiger partial charge in [0.25, 0.3) is 0 Å². The van der Waals surface area contributed by atoms with Crippen molar-refractivity contribution in [3.05, 3.63) is 40.3 Å². The smallest absolute Gasteiger partial charge is 0.240 e. The molecule has 2 aromatic rings. The zero-order chi connectivity index (χ0) is 13.9. The van der Waals surface area contributed by atoms with Gasteiger partial charge in [0.2, 0.25) is 10.0 Å². The normalized spacial score (nSPS) is 11.5. The van der Waals surface area contributed by atoms with E-state index in [4.69, 9.17) is 0 Å². The lowest BCUT2D eigenvalue weighted by atomic mass is 10.3. The summed E-state index contributed by atoms with van der Waals surface area (Å²) < 4.78 is 25.7. The molecule has 0 bridgehead atoms. The molecule has 0 aliphatic carbocycles. The Kier molecular flexibility index (Phi) is 4.18. The highest BCUT2D eigenvalue weighted by molar-refractivity contribution is 7.89. The molecule has 102 valence electrons. The minimum absolute atomic E-state index is 0.246. The Labute approximate surface area is 116 Å². The molecule has 0 radical (unpaired) electrons. The highest BCUT2D eigenvalue weighted by atomic mass is 32.2. The van der Waals surface area contributed by atoms with E-state index in [0.29, 0.717) is 6.54 Å². The summed E-state index contributed by atoms with van der Waals surface area (Å²) in [5.41, 5.74) is 1.75. The van der Waals surface area contributed by atoms with E-state index in [1.165, 1.54) is 7.05 Å². The number of hydrogen-bond acceptors (Lipinski definition) is 5. The topological polar surface area (TPSA) is 71.1 Å². The fourth-order valence-electron chi connectivity index (χ4n) is 1.55. The van der Waals surface area contributed by atoms with Crippen LogP contribution in [0, 0.1) is 6.92 Å². The average Bonchev–Trinajstić information content (AvgIpc) is 2.82. The summed E-state index contributed by atoms with van der Waals surface area (Å²) in [4.78, 5) is 4.58. The molecule has 0 amide bonds. The van der Waals surface area contributed by atoms with E-state index in [1.807, 2.05) is 18.4 Å². The van der Waals surface area contributed by atoms with Crippen LogP contribution in [0.25, 0.3) is 0 Å². The van der Waals surface area contributed by atoms with Gasteiger partial charge in [-0.25, -0.2) is 18.1 Å². The second kappa shape index (κ2) is 5.68. The second-order valence-corrected chi connectivity index (χ2v) is 6.80. The molecule has 0 fully saturated rings. The van der Waals surface area contributed by atoms with Gasteiger partial charge < -0.3 is 5.32 Å². The van der Waals surface area contributed by atoms with Crippen molar-refractivity contribution in [2.75, 3.05) is 12.4 Å². The zero-order valence-corrected chi connectivity index (χ0v) is 12.3. The van der Waals surface area contributed by atoms with E-state index in [9.17, 15) is 8.42 Å². The number of thiazole rings is 1. The third-order valence-corrected chi connectivity index (χ3v) is 4.90. The van der Waals surface area contributed by atoms with Crippen LogP contribution in [-0.4, -0.2) is 20.4 Å². The lowest BCUT2D eigenvalue weighted by Crippen LogP contribution is -2.18. The van der Waals surface area contributed by atoms with Gasteiger partial charge >= 0.3 is 0 Å². The van der Waals surface area contributed by atoms with E-state index in [1.54, 1.807) is 29.5 Å². The fourth-order valence-corrected chi connectivity index (χ4v) is 3.04. The summed E-state index contributed by atoms with van der Waals surface area (Å²) in [5, 5.41) is 6.12. The molecule has 1 aromatic carbocycles. The van der Waals surface area contributed by atoms with Gasteiger partial charge in [-0.1, -0.05) is 6.07 Å². The van der Waals surface area contributed by atoms with Crippen molar-refractivity contribution >= 4 is 27.0 Å². The molecule has 2 N–H and O–H groups in total. The van der Waals surface area contributed by atoms with Crippen molar-refractivity contribution in [3.63, 3.8) is 0 Å². The number of anilines is 1. The number of nitrogens with one attached hydrogen (secondary N) is 2. The zero-order valence-electron chi connectivity index (χ0n) is 10.7. The quantitative estimate of drug-likeness (QED) is 0.885. The van der Waals surface area contributed by atoms with Crippen molar-refractivity contribution in [2.45, 2.75) is 18.4 Å². The maximum atomic E-state index is 11.7. The SMILES string of the molecule is CNS(=O)(=O)c1cccc(NCc2nc(C)cs2)c1. The molecular weight excluding hydrogens is 282 g/mol. The van der Waals surface area contributed by atoms with Gasteiger partial charge in [0.1, 0.15) is 5.01 Å². The Hall–Kier alpha value is -1.44. The maximum absolute atomic E-state index is 11.7. The highest BCUT2D eigenvalue weighted by Gasteiger charge is 2.11. The predicted molar refractivity (Wildman–Crippen MR) is 76.9 cm³/mol. The highest BCUT2D eigenvalue weighted by Crippen LogP contribution is 2.17. The van der Waals surface area contributed by atoms with Gasteiger partial charge in [-0.05, 0) is 32.2 Å². The fraction of sp³-hybridized carbons (Fsp3) is 0.250. The summed E-state index contributed by atoms with van der Waals surface area (Å²) in [7, 11) is -2.01. The first kappa shape index (κ1) is 14.0. The number of rotatable bonds is 5. The molecule has 7 heteroatoms. The molecule has 0 aliphatic heterocycles. The van der Waals surface area contributed by atoms with Crippen LogP contribution in [0.15, 0.2) is 34.5 Å². The first-order valence-corrected chi connectivity index (χ1v) is 8.06. The summed E-state index contributed by atoms with van der Waals surface area (Å²) >= 11 is 1.58. The lowest BCUT2D eigenvalue weighted by molar-refractivity contribution is 0.588. The van der Waals surface area contributed by atoms with Crippen molar-refractivity contribution < 1.29 is 8.42 Å². The van der Waals surface area contributed by atoms with Gasteiger partial charge in [0, 0.05) is 16.8 Å². The van der Waals surface area contributed by atoms with Crippen LogP contribution in [0.3, 0.4) is 0 Å². The van der Waals surface area contributed by atoms with Gasteiger partial charge in [-0.3, -0.25) is 0 Å². The minimum atomic E-state index is -3.40. The van der Waals surface area contributed by atoms with Crippen molar-refractivity contribution in [3.8, 4) is 0 Å². The Morgan fingerprint density at radius 3 is 2.79 bits per heavy atom. The summed E-state index contributed by atoms with van der Waals surface area (Å²) in [5.74, 6) is 0. The molecule has 19 heavy (non-hydrogen) atoms. The van der Waals surface area contributed by atoms with Crippen molar-refractivity contribution in [1.29, 1.82) is 0 Å². The molecule has 0 spiro atoms. The van der Waals surface area contributed by atoms with Crippen LogP contribution >= 0.6 is 11.3 Å². The molecule has 5 nitrogen and oxygen atoms in total. The summed E-state index contributed by atoms with van der Waals surface area (Å²) in [6.45, 7) is 2.53. The van der Waals surface area contributed by atoms with Gasteiger partial charge in [0.15, 0.2) is 0 Å². The van der Waals surface area contributed by atoms with Crippen molar-refractivity contribution in [1.82, 2.24) is 9.71 Å². The Morgan fingerprint density at radius 1 is 1.37 bits per heavy atom. The Bertz CT molecular complexity index is 665. The molecule has 0 saturated carbocycles. The molecule has 0 saturated heterocycles. The summed E-state index contributed by atoms with van der Waals surface area (Å²) in [6, 6.07) is 6.70. The van der Waals surface area contributed by atoms with Gasteiger partial charge in [-0.2, -0.15) is 0 Å². The van der Waals surface area contributed by atoms with Crippen LogP contribution in [0.2, 0.25) is 0 Å². The molecule has 1 aromatic heterocycles. The maximum Gasteiger partial charge on any atom is 0.240 e. The number of benzene rings is 1. The number of nitrogens with zero attached hydrogens (tertiary/aromatic N) is 1. The monoisotopic (exact) mass is 297 g/mol. The van der Waals surface area contributed by atoms with Crippen LogP contribution < -0.4 is 10.0 Å². The largest absolute Gasteiger partial charge is 0.378 e. The summed E-state index contributed by atoms with van der Waals surface area (Å²) in [6.07, 6.45) is 0. The third kappa shape index (κ3) is 3.52. The van der Waals surface area contributed by atoms with E-state index < -0.39 is 10.0 Å². The standard InChI is InChI=1S/C12H15N3O2S2/c1-9-8-18-12(15-9)7-14-10-4-3-5-11(6-10)19(16,17)13-2/h3-6,8,13-14H,7H2,1-2H3. The van der Waals surface area contributed by atoms with Crippen LogP contribution in [0.5, 0.6) is 0 Å². The predicted octanol–water partition coefficient (Wildman–Crippen LogP) is 1.97. The third-order valence-electron chi connectivity index (χ3n) is 2.52. The number of aryl methyl sites for hydroxylation is 1. The van der Waals surface area contributed by atoms with Gasteiger partial charge in [0.05, 0.1) is 11.4 Å². The Morgan fingerprint density at radius 2 is 2.16 bits per heavy atom. The molecule has 0 unspecified atom stereocenters. The molecule has 1 heterocycles.